The van der Waals surface area contributed by atoms with Crippen LogP contribution in [0.1, 0.15) is 26.2 Å². The van der Waals surface area contributed by atoms with Gasteiger partial charge in [0, 0.05) is 52.4 Å². The first-order chi connectivity index (χ1) is 9.13. The summed E-state index contributed by atoms with van der Waals surface area (Å²) < 4.78 is 0. The van der Waals surface area contributed by atoms with E-state index in [2.05, 4.69) is 17.1 Å². The van der Waals surface area contributed by atoms with E-state index in [9.17, 15) is 4.79 Å². The van der Waals surface area contributed by atoms with Gasteiger partial charge < -0.3 is 15.1 Å². The standard InChI is InChI=1S/C14H28N4O/c1-4-7-18(13-10-15-11-13)12-5-8-17(9-6-12)14(19)16(2)3/h12-13,15H,4-11H2,1-3H3. The van der Waals surface area contributed by atoms with Gasteiger partial charge in [0.05, 0.1) is 0 Å². The highest BCUT2D eigenvalue weighted by atomic mass is 16.2. The Labute approximate surface area is 116 Å². The van der Waals surface area contributed by atoms with Gasteiger partial charge >= 0.3 is 6.03 Å². The van der Waals surface area contributed by atoms with Crippen LogP contribution in [-0.4, -0.2) is 79.6 Å². The number of rotatable bonds is 4. The number of nitrogens with one attached hydrogen (secondary N) is 1. The van der Waals surface area contributed by atoms with E-state index in [1.807, 2.05) is 19.0 Å². The quantitative estimate of drug-likeness (QED) is 0.820. The van der Waals surface area contributed by atoms with Gasteiger partial charge in [0.15, 0.2) is 0 Å². The number of amides is 2. The van der Waals surface area contributed by atoms with Crippen molar-refractivity contribution in [3.63, 3.8) is 0 Å². The van der Waals surface area contributed by atoms with Crippen molar-refractivity contribution in [3.05, 3.63) is 0 Å². The highest BCUT2D eigenvalue weighted by Crippen LogP contribution is 2.21. The van der Waals surface area contributed by atoms with Crippen molar-refractivity contribution in [2.24, 2.45) is 0 Å². The van der Waals surface area contributed by atoms with E-state index in [-0.39, 0.29) is 6.03 Å². The molecule has 1 N–H and O–H groups in total. The monoisotopic (exact) mass is 268 g/mol. The SMILES string of the molecule is CCCN(C1CCN(C(=O)N(C)C)CC1)C1CNC1. The molecule has 5 nitrogen and oxygen atoms in total. The summed E-state index contributed by atoms with van der Waals surface area (Å²) in [4.78, 5) is 18.3. The van der Waals surface area contributed by atoms with Crippen molar-refractivity contribution in [1.82, 2.24) is 20.0 Å². The highest BCUT2D eigenvalue weighted by Gasteiger charge is 2.33. The number of hydrogen-bond acceptors (Lipinski definition) is 3. The molecule has 0 aromatic rings. The topological polar surface area (TPSA) is 38.8 Å². The molecule has 2 aliphatic heterocycles. The zero-order valence-electron chi connectivity index (χ0n) is 12.6. The van der Waals surface area contributed by atoms with E-state index < -0.39 is 0 Å². The minimum absolute atomic E-state index is 0.158. The predicted octanol–water partition coefficient (Wildman–Crippen LogP) is 0.816. The molecule has 19 heavy (non-hydrogen) atoms. The second-order valence-electron chi connectivity index (χ2n) is 5.95. The molecule has 0 unspecified atom stereocenters. The predicted molar refractivity (Wildman–Crippen MR) is 77.3 cm³/mol. The maximum absolute atomic E-state index is 11.9. The van der Waals surface area contributed by atoms with Crippen LogP contribution in [0.25, 0.3) is 0 Å². The molecule has 0 saturated carbocycles. The summed E-state index contributed by atoms with van der Waals surface area (Å²) in [7, 11) is 3.66. The number of nitrogens with zero attached hydrogens (tertiary/aromatic N) is 3. The van der Waals surface area contributed by atoms with Crippen LogP contribution in [-0.2, 0) is 0 Å². The third-order valence-electron chi connectivity index (χ3n) is 4.30. The Balaban J connectivity index is 1.85. The molecule has 2 rings (SSSR count). The molecule has 2 amide bonds. The van der Waals surface area contributed by atoms with Gasteiger partial charge in [-0.3, -0.25) is 4.90 Å². The van der Waals surface area contributed by atoms with Gasteiger partial charge in [-0.1, -0.05) is 6.92 Å². The number of carbonyl (C=O) groups is 1. The molecule has 0 aromatic heterocycles. The van der Waals surface area contributed by atoms with Crippen LogP contribution in [0.4, 0.5) is 4.79 Å². The van der Waals surface area contributed by atoms with Crippen LogP contribution in [0, 0.1) is 0 Å². The number of carbonyl (C=O) groups excluding carboxylic acids is 1. The van der Waals surface area contributed by atoms with Gasteiger partial charge in [0.2, 0.25) is 0 Å². The Kier molecular flexibility index (Phi) is 5.05. The number of piperidine rings is 1. The van der Waals surface area contributed by atoms with Crippen molar-refractivity contribution in [3.8, 4) is 0 Å². The molecule has 110 valence electrons. The highest BCUT2D eigenvalue weighted by molar-refractivity contribution is 5.73. The maximum Gasteiger partial charge on any atom is 0.319 e. The fourth-order valence-corrected chi connectivity index (χ4v) is 3.10. The van der Waals surface area contributed by atoms with Crippen LogP contribution in [0.2, 0.25) is 0 Å². The zero-order chi connectivity index (χ0) is 13.8. The summed E-state index contributed by atoms with van der Waals surface area (Å²) in [6.07, 6.45) is 3.46. The van der Waals surface area contributed by atoms with E-state index in [1.165, 1.54) is 13.0 Å². The Morgan fingerprint density at radius 2 is 1.84 bits per heavy atom. The molecule has 0 bridgehead atoms. The van der Waals surface area contributed by atoms with Crippen LogP contribution in [0.3, 0.4) is 0 Å². The first kappa shape index (κ1) is 14.6. The van der Waals surface area contributed by atoms with E-state index in [0.29, 0.717) is 6.04 Å². The van der Waals surface area contributed by atoms with Crippen molar-refractivity contribution in [2.75, 3.05) is 46.8 Å². The fraction of sp³-hybridized carbons (Fsp3) is 0.929. The number of urea groups is 1. The lowest BCUT2D eigenvalue weighted by Gasteiger charge is -2.46. The zero-order valence-corrected chi connectivity index (χ0v) is 12.6. The Morgan fingerprint density at radius 3 is 2.26 bits per heavy atom. The Morgan fingerprint density at radius 1 is 1.21 bits per heavy atom. The molecule has 2 saturated heterocycles. The summed E-state index contributed by atoms with van der Waals surface area (Å²) in [5.41, 5.74) is 0. The van der Waals surface area contributed by atoms with E-state index in [0.717, 1.165) is 45.1 Å². The fourth-order valence-electron chi connectivity index (χ4n) is 3.10. The van der Waals surface area contributed by atoms with Crippen LogP contribution in [0.15, 0.2) is 0 Å². The summed E-state index contributed by atoms with van der Waals surface area (Å²) in [6.45, 7) is 7.53. The van der Waals surface area contributed by atoms with E-state index in [1.54, 1.807) is 4.90 Å². The first-order valence-corrected chi connectivity index (χ1v) is 7.56. The average molecular weight is 268 g/mol. The number of likely N-dealkylation sites (tertiary alicyclic amines) is 1. The largest absolute Gasteiger partial charge is 0.331 e. The van der Waals surface area contributed by atoms with E-state index in [4.69, 9.17) is 0 Å². The molecule has 2 fully saturated rings. The molecule has 0 aromatic carbocycles. The lowest BCUT2D eigenvalue weighted by molar-refractivity contribution is 0.0554. The van der Waals surface area contributed by atoms with Crippen molar-refractivity contribution in [1.29, 1.82) is 0 Å². The average Bonchev–Trinajstić information content (AvgIpc) is 2.35. The molecular weight excluding hydrogens is 240 g/mol. The van der Waals surface area contributed by atoms with Gasteiger partial charge in [0.1, 0.15) is 0 Å². The third kappa shape index (κ3) is 3.39. The lowest BCUT2D eigenvalue weighted by Crippen LogP contribution is -2.61. The summed E-state index contributed by atoms with van der Waals surface area (Å²) >= 11 is 0. The minimum atomic E-state index is 0.158. The van der Waals surface area contributed by atoms with Crippen LogP contribution in [0.5, 0.6) is 0 Å². The molecule has 2 aliphatic rings. The molecule has 0 spiro atoms. The Hall–Kier alpha value is -0.810. The van der Waals surface area contributed by atoms with Gasteiger partial charge in [-0.25, -0.2) is 4.79 Å². The summed E-state index contributed by atoms with van der Waals surface area (Å²) in [5.74, 6) is 0. The summed E-state index contributed by atoms with van der Waals surface area (Å²) in [6, 6.07) is 1.55. The van der Waals surface area contributed by atoms with Crippen LogP contribution >= 0.6 is 0 Å². The number of hydrogen-bond donors (Lipinski definition) is 1. The Bertz CT molecular complexity index is 296. The van der Waals surface area contributed by atoms with Crippen molar-refractivity contribution >= 4 is 6.03 Å². The van der Waals surface area contributed by atoms with E-state index >= 15 is 0 Å². The van der Waals surface area contributed by atoms with Gasteiger partial charge in [-0.2, -0.15) is 0 Å². The third-order valence-corrected chi connectivity index (χ3v) is 4.30. The van der Waals surface area contributed by atoms with Gasteiger partial charge in [-0.05, 0) is 25.8 Å². The second-order valence-corrected chi connectivity index (χ2v) is 5.95. The molecular formula is C14H28N4O. The molecule has 0 radical (unpaired) electrons. The molecule has 2 heterocycles. The molecule has 0 aliphatic carbocycles. The smallest absolute Gasteiger partial charge is 0.319 e. The van der Waals surface area contributed by atoms with Crippen molar-refractivity contribution < 1.29 is 4.79 Å². The summed E-state index contributed by atoms with van der Waals surface area (Å²) in [5, 5.41) is 3.37. The van der Waals surface area contributed by atoms with Gasteiger partial charge in [0.25, 0.3) is 0 Å². The maximum atomic E-state index is 11.9. The normalized spacial score (nSPS) is 21.6. The van der Waals surface area contributed by atoms with Gasteiger partial charge in [-0.15, -0.1) is 0 Å². The second kappa shape index (κ2) is 6.57. The van der Waals surface area contributed by atoms with Crippen molar-refractivity contribution in [2.45, 2.75) is 38.3 Å². The molecule has 5 heteroatoms. The van der Waals surface area contributed by atoms with Crippen LogP contribution < -0.4 is 5.32 Å². The minimum Gasteiger partial charge on any atom is -0.331 e. The molecule has 0 atom stereocenters. The first-order valence-electron chi connectivity index (χ1n) is 7.56. The lowest BCUT2D eigenvalue weighted by atomic mass is 9.99.